The number of rotatable bonds is 4. The zero-order chi connectivity index (χ0) is 18.8. The van der Waals surface area contributed by atoms with E-state index in [0.29, 0.717) is 6.54 Å². The Balaban J connectivity index is 1.82. The molecule has 0 N–H and O–H groups in total. The monoisotopic (exact) mass is 387 g/mol. The van der Waals surface area contributed by atoms with Crippen LogP contribution >= 0.6 is 11.8 Å². The van der Waals surface area contributed by atoms with E-state index in [2.05, 4.69) is 45.0 Å². The standard InChI is InChI=1S/C21H25NO2S2/c1-21(2,3)19-11-9-18(10-12-19)20-22(14-15-25-20)26(23,24)16-13-17-7-5-4-6-8-17/h4-13,16,20H,14-15H2,1-3H3/b16-13+. The molecule has 5 heteroatoms. The molecule has 0 radical (unpaired) electrons. The predicted octanol–water partition coefficient (Wildman–Crippen LogP) is 5.03. The summed E-state index contributed by atoms with van der Waals surface area (Å²) in [5.41, 5.74) is 3.26. The molecule has 1 atom stereocenters. The van der Waals surface area contributed by atoms with E-state index in [4.69, 9.17) is 0 Å². The lowest BCUT2D eigenvalue weighted by atomic mass is 9.87. The van der Waals surface area contributed by atoms with Gasteiger partial charge in [0.2, 0.25) is 10.0 Å². The largest absolute Gasteiger partial charge is 0.237 e. The minimum atomic E-state index is -3.46. The molecule has 1 saturated heterocycles. The summed E-state index contributed by atoms with van der Waals surface area (Å²) in [6.45, 7) is 7.07. The molecular formula is C21H25NO2S2. The van der Waals surface area contributed by atoms with Crippen molar-refractivity contribution in [3.8, 4) is 0 Å². The van der Waals surface area contributed by atoms with E-state index in [0.717, 1.165) is 16.9 Å². The van der Waals surface area contributed by atoms with E-state index in [-0.39, 0.29) is 10.8 Å². The minimum Gasteiger partial charge on any atom is -0.207 e. The van der Waals surface area contributed by atoms with E-state index >= 15 is 0 Å². The van der Waals surface area contributed by atoms with Crippen molar-refractivity contribution >= 4 is 27.9 Å². The first kappa shape index (κ1) is 19.2. The number of hydrogen-bond acceptors (Lipinski definition) is 3. The molecule has 0 aliphatic carbocycles. The quantitative estimate of drug-likeness (QED) is 0.738. The molecule has 0 amide bonds. The molecule has 1 aliphatic rings. The van der Waals surface area contributed by atoms with Gasteiger partial charge >= 0.3 is 0 Å². The summed E-state index contributed by atoms with van der Waals surface area (Å²) < 4.78 is 27.3. The second kappa shape index (κ2) is 7.59. The third-order valence-corrected chi connectivity index (χ3v) is 7.39. The van der Waals surface area contributed by atoms with Crippen molar-refractivity contribution in [3.05, 3.63) is 76.7 Å². The van der Waals surface area contributed by atoms with Crippen molar-refractivity contribution in [1.29, 1.82) is 0 Å². The van der Waals surface area contributed by atoms with Crippen LogP contribution in [0.15, 0.2) is 60.0 Å². The van der Waals surface area contributed by atoms with Crippen molar-refractivity contribution in [3.63, 3.8) is 0 Å². The highest BCUT2D eigenvalue weighted by Gasteiger charge is 2.34. The fraction of sp³-hybridized carbons (Fsp3) is 0.333. The lowest BCUT2D eigenvalue weighted by Crippen LogP contribution is -2.28. The van der Waals surface area contributed by atoms with Gasteiger partial charge in [0.05, 0.1) is 5.37 Å². The van der Waals surface area contributed by atoms with Crippen molar-refractivity contribution < 1.29 is 8.42 Å². The summed E-state index contributed by atoms with van der Waals surface area (Å²) in [4.78, 5) is 0. The molecule has 1 unspecified atom stereocenters. The minimum absolute atomic E-state index is 0.0888. The van der Waals surface area contributed by atoms with Crippen molar-refractivity contribution in [1.82, 2.24) is 4.31 Å². The van der Waals surface area contributed by atoms with Crippen LogP contribution in [0.4, 0.5) is 0 Å². The Morgan fingerprint density at radius 1 is 1.04 bits per heavy atom. The highest BCUT2D eigenvalue weighted by atomic mass is 32.2. The van der Waals surface area contributed by atoms with Crippen molar-refractivity contribution in [2.75, 3.05) is 12.3 Å². The first-order chi connectivity index (χ1) is 12.3. The van der Waals surface area contributed by atoms with Gasteiger partial charge < -0.3 is 0 Å². The summed E-state index contributed by atoms with van der Waals surface area (Å²) >= 11 is 1.68. The number of thioether (sulfide) groups is 1. The molecule has 26 heavy (non-hydrogen) atoms. The van der Waals surface area contributed by atoms with Gasteiger partial charge in [-0.1, -0.05) is 75.4 Å². The van der Waals surface area contributed by atoms with Gasteiger partial charge in [-0.25, -0.2) is 8.42 Å². The van der Waals surface area contributed by atoms with Crippen LogP contribution in [0.1, 0.15) is 42.8 Å². The maximum absolute atomic E-state index is 12.8. The van der Waals surface area contributed by atoms with Crippen LogP contribution in [0.25, 0.3) is 6.08 Å². The summed E-state index contributed by atoms with van der Waals surface area (Å²) in [5, 5.41) is 1.17. The normalized spacial score (nSPS) is 19.3. The number of nitrogens with zero attached hydrogens (tertiary/aromatic N) is 1. The smallest absolute Gasteiger partial charge is 0.207 e. The van der Waals surface area contributed by atoms with Gasteiger partial charge in [0.25, 0.3) is 0 Å². The number of hydrogen-bond donors (Lipinski definition) is 0. The SMILES string of the molecule is CC(C)(C)c1ccc(C2SCCN2S(=O)(=O)/C=C/c2ccccc2)cc1. The van der Waals surface area contributed by atoms with Crippen LogP contribution in [-0.4, -0.2) is 25.0 Å². The van der Waals surface area contributed by atoms with E-state index in [9.17, 15) is 8.42 Å². The number of sulfonamides is 1. The lowest BCUT2D eigenvalue weighted by Gasteiger charge is -2.24. The fourth-order valence-electron chi connectivity index (χ4n) is 2.93. The van der Waals surface area contributed by atoms with Crippen molar-refractivity contribution in [2.45, 2.75) is 31.6 Å². The van der Waals surface area contributed by atoms with Crippen LogP contribution in [0, 0.1) is 0 Å². The molecular weight excluding hydrogens is 362 g/mol. The molecule has 3 nitrogen and oxygen atoms in total. The predicted molar refractivity (Wildman–Crippen MR) is 111 cm³/mol. The topological polar surface area (TPSA) is 37.4 Å². The molecule has 0 saturated carbocycles. The molecule has 1 aliphatic heterocycles. The van der Waals surface area contributed by atoms with E-state index in [1.165, 1.54) is 11.0 Å². The molecule has 2 aromatic rings. The van der Waals surface area contributed by atoms with Gasteiger partial charge in [0.1, 0.15) is 0 Å². The summed E-state index contributed by atoms with van der Waals surface area (Å²) in [5.74, 6) is 0.810. The summed E-state index contributed by atoms with van der Waals surface area (Å²) in [7, 11) is -3.46. The molecule has 0 spiro atoms. The van der Waals surface area contributed by atoms with Crippen LogP contribution in [-0.2, 0) is 15.4 Å². The highest BCUT2D eigenvalue weighted by Crippen LogP contribution is 2.40. The second-order valence-electron chi connectivity index (χ2n) is 7.46. The molecule has 2 aromatic carbocycles. The molecule has 3 rings (SSSR count). The Labute approximate surface area is 161 Å². The number of benzene rings is 2. The average Bonchev–Trinajstić information content (AvgIpc) is 3.11. The van der Waals surface area contributed by atoms with Crippen LogP contribution in [0.5, 0.6) is 0 Å². The fourth-order valence-corrected chi connectivity index (χ4v) is 5.96. The average molecular weight is 388 g/mol. The van der Waals surface area contributed by atoms with Gasteiger partial charge in [-0.15, -0.1) is 11.8 Å². The second-order valence-corrected chi connectivity index (χ2v) is 10.4. The van der Waals surface area contributed by atoms with Crippen molar-refractivity contribution in [2.24, 2.45) is 0 Å². The van der Waals surface area contributed by atoms with E-state index in [1.54, 1.807) is 22.1 Å². The van der Waals surface area contributed by atoms with Crippen LogP contribution < -0.4 is 0 Å². The Morgan fingerprint density at radius 3 is 2.31 bits per heavy atom. The van der Waals surface area contributed by atoms with Gasteiger partial charge in [-0.2, -0.15) is 4.31 Å². The Bertz CT molecular complexity index is 866. The zero-order valence-electron chi connectivity index (χ0n) is 15.4. The van der Waals surface area contributed by atoms with E-state index < -0.39 is 10.0 Å². The maximum atomic E-state index is 12.8. The first-order valence-corrected chi connectivity index (χ1v) is 11.3. The molecule has 138 valence electrons. The summed E-state index contributed by atoms with van der Waals surface area (Å²) in [6.07, 6.45) is 1.66. The van der Waals surface area contributed by atoms with E-state index in [1.807, 2.05) is 30.3 Å². The maximum Gasteiger partial charge on any atom is 0.237 e. The molecule has 0 bridgehead atoms. The summed E-state index contributed by atoms with van der Waals surface area (Å²) in [6, 6.07) is 17.9. The third-order valence-electron chi connectivity index (χ3n) is 4.47. The Morgan fingerprint density at radius 2 is 1.69 bits per heavy atom. The molecule has 1 fully saturated rings. The molecule has 1 heterocycles. The zero-order valence-corrected chi connectivity index (χ0v) is 17.1. The first-order valence-electron chi connectivity index (χ1n) is 8.74. The van der Waals surface area contributed by atoms with Crippen LogP contribution in [0.3, 0.4) is 0 Å². The van der Waals surface area contributed by atoms with Gasteiger partial charge in [-0.05, 0) is 28.2 Å². The molecule has 0 aromatic heterocycles. The third kappa shape index (κ3) is 4.40. The highest BCUT2D eigenvalue weighted by molar-refractivity contribution is 8.01. The van der Waals surface area contributed by atoms with Gasteiger partial charge in [-0.3, -0.25) is 0 Å². The Hall–Kier alpha value is -1.56. The van der Waals surface area contributed by atoms with Gasteiger partial charge in [0.15, 0.2) is 0 Å². The lowest BCUT2D eigenvalue weighted by molar-refractivity contribution is 0.441. The Kier molecular flexibility index (Phi) is 5.61. The van der Waals surface area contributed by atoms with Gasteiger partial charge in [0, 0.05) is 17.7 Å². The van der Waals surface area contributed by atoms with Crippen LogP contribution in [0.2, 0.25) is 0 Å².